The zero-order chi connectivity index (χ0) is 29.1. The molecule has 1 fully saturated rings. The lowest BCUT2D eigenvalue weighted by atomic mass is 9.99. The molecule has 42 heavy (non-hydrogen) atoms. The third-order valence-corrected chi connectivity index (χ3v) is 8.97. The number of hydrogen-bond acceptors (Lipinski definition) is 9. The predicted molar refractivity (Wildman–Crippen MR) is 161 cm³/mol. The first-order valence-electron chi connectivity index (χ1n) is 13.1. The number of aryl methyl sites for hydroxylation is 1. The highest BCUT2D eigenvalue weighted by molar-refractivity contribution is 8.00. The maximum absolute atomic E-state index is 13.4. The maximum atomic E-state index is 13.4. The molecular formula is C32H25N3O5S2. The van der Waals surface area contributed by atoms with Crippen molar-refractivity contribution in [3.05, 3.63) is 131 Å². The molecule has 6 rings (SSSR count). The van der Waals surface area contributed by atoms with Gasteiger partial charge in [-0.3, -0.25) is 14.5 Å². The lowest BCUT2D eigenvalue weighted by Gasteiger charge is -2.20. The second kappa shape index (κ2) is 12.1. The van der Waals surface area contributed by atoms with Gasteiger partial charge in [-0.25, -0.2) is 0 Å². The van der Waals surface area contributed by atoms with Crippen LogP contribution in [0, 0.1) is 6.92 Å². The second-order valence-corrected chi connectivity index (χ2v) is 11.7. The SMILES string of the molecule is Cc1ccccc1COc1ccc(/C(O)=C2\C(=O)C(=O)N(c3nnc(SCc4ccccc4)s3)C2c2ccco2)cc1. The van der Waals surface area contributed by atoms with Crippen molar-refractivity contribution in [1.29, 1.82) is 0 Å². The molecule has 1 atom stereocenters. The van der Waals surface area contributed by atoms with Crippen LogP contribution in [0.2, 0.25) is 0 Å². The Bertz CT molecular complexity index is 1750. The van der Waals surface area contributed by atoms with Crippen molar-refractivity contribution >= 4 is 45.7 Å². The van der Waals surface area contributed by atoms with Gasteiger partial charge in [0, 0.05) is 11.3 Å². The van der Waals surface area contributed by atoms with Gasteiger partial charge in [-0.05, 0) is 60.0 Å². The first kappa shape index (κ1) is 27.5. The third-order valence-electron chi connectivity index (χ3n) is 6.85. The number of aromatic nitrogens is 2. The van der Waals surface area contributed by atoms with Crippen molar-refractivity contribution < 1.29 is 23.8 Å². The molecule has 10 heteroatoms. The molecule has 1 saturated heterocycles. The summed E-state index contributed by atoms with van der Waals surface area (Å²) in [4.78, 5) is 28.0. The van der Waals surface area contributed by atoms with E-state index in [1.165, 1.54) is 34.3 Å². The van der Waals surface area contributed by atoms with Crippen LogP contribution in [-0.2, 0) is 21.9 Å². The Hall–Kier alpha value is -4.67. The average Bonchev–Trinajstić information content (AvgIpc) is 3.77. The molecule has 0 aliphatic carbocycles. The van der Waals surface area contributed by atoms with Crippen LogP contribution in [0.15, 0.2) is 112 Å². The van der Waals surface area contributed by atoms with Crippen molar-refractivity contribution in [2.75, 3.05) is 4.90 Å². The van der Waals surface area contributed by atoms with Crippen LogP contribution in [0.4, 0.5) is 5.13 Å². The lowest BCUT2D eigenvalue weighted by Crippen LogP contribution is -2.29. The van der Waals surface area contributed by atoms with E-state index in [0.29, 0.717) is 33.8 Å². The fraction of sp³-hybridized carbons (Fsp3) is 0.125. The van der Waals surface area contributed by atoms with Gasteiger partial charge in [0.05, 0.1) is 11.8 Å². The van der Waals surface area contributed by atoms with Crippen molar-refractivity contribution in [3.8, 4) is 5.75 Å². The minimum Gasteiger partial charge on any atom is -0.507 e. The molecule has 2 aromatic heterocycles. The number of rotatable bonds is 9. The average molecular weight is 596 g/mol. The number of furan rings is 1. The zero-order valence-corrected chi connectivity index (χ0v) is 24.1. The van der Waals surface area contributed by atoms with E-state index in [9.17, 15) is 14.7 Å². The molecule has 8 nitrogen and oxygen atoms in total. The number of aliphatic hydroxyl groups is 1. The molecular weight excluding hydrogens is 571 g/mol. The molecule has 1 aliphatic heterocycles. The number of Topliss-reactive ketones (excluding diaryl/α,β-unsaturated/α-hetero) is 1. The monoisotopic (exact) mass is 595 g/mol. The van der Waals surface area contributed by atoms with Crippen molar-refractivity contribution in [1.82, 2.24) is 10.2 Å². The van der Waals surface area contributed by atoms with Gasteiger partial charge < -0.3 is 14.3 Å². The molecule has 0 saturated carbocycles. The van der Waals surface area contributed by atoms with Gasteiger partial charge >= 0.3 is 5.91 Å². The van der Waals surface area contributed by atoms with Crippen molar-refractivity contribution in [2.45, 2.75) is 29.7 Å². The fourth-order valence-corrected chi connectivity index (χ4v) is 6.44. The Morgan fingerprint density at radius 3 is 2.48 bits per heavy atom. The summed E-state index contributed by atoms with van der Waals surface area (Å²) >= 11 is 2.69. The van der Waals surface area contributed by atoms with Crippen LogP contribution < -0.4 is 9.64 Å². The van der Waals surface area contributed by atoms with Gasteiger partial charge in [-0.15, -0.1) is 10.2 Å². The number of ketones is 1. The smallest absolute Gasteiger partial charge is 0.302 e. The summed E-state index contributed by atoms with van der Waals surface area (Å²) in [6, 6.07) is 27.0. The quantitative estimate of drug-likeness (QED) is 0.0643. The lowest BCUT2D eigenvalue weighted by molar-refractivity contribution is -0.132. The van der Waals surface area contributed by atoms with Crippen LogP contribution in [-0.4, -0.2) is 27.0 Å². The Kier molecular flexibility index (Phi) is 7.89. The highest BCUT2D eigenvalue weighted by Crippen LogP contribution is 2.44. The van der Waals surface area contributed by atoms with Gasteiger partial charge in [-0.2, -0.15) is 0 Å². The van der Waals surface area contributed by atoms with Crippen molar-refractivity contribution in [2.24, 2.45) is 0 Å². The van der Waals surface area contributed by atoms with E-state index in [1.54, 1.807) is 36.4 Å². The Morgan fingerprint density at radius 2 is 1.74 bits per heavy atom. The van der Waals surface area contributed by atoms with Gasteiger partial charge in [0.2, 0.25) is 5.13 Å². The predicted octanol–water partition coefficient (Wildman–Crippen LogP) is 6.94. The summed E-state index contributed by atoms with van der Waals surface area (Å²) in [5, 5.41) is 20.1. The molecule has 1 aliphatic rings. The van der Waals surface area contributed by atoms with Gasteiger partial charge in [-0.1, -0.05) is 77.7 Å². The van der Waals surface area contributed by atoms with Crippen molar-refractivity contribution in [3.63, 3.8) is 0 Å². The summed E-state index contributed by atoms with van der Waals surface area (Å²) in [7, 11) is 0. The number of aliphatic hydroxyl groups excluding tert-OH is 1. The summed E-state index contributed by atoms with van der Waals surface area (Å²) in [6.07, 6.45) is 1.46. The Morgan fingerprint density at radius 1 is 0.976 bits per heavy atom. The maximum Gasteiger partial charge on any atom is 0.302 e. The van der Waals surface area contributed by atoms with E-state index in [4.69, 9.17) is 9.15 Å². The first-order valence-corrected chi connectivity index (χ1v) is 14.9. The van der Waals surface area contributed by atoms with E-state index in [0.717, 1.165) is 16.7 Å². The third kappa shape index (κ3) is 5.59. The minimum atomic E-state index is -1.00. The minimum absolute atomic E-state index is 0.0859. The summed E-state index contributed by atoms with van der Waals surface area (Å²) in [6.45, 7) is 2.42. The number of benzene rings is 3. The molecule has 3 heterocycles. The van der Waals surface area contributed by atoms with E-state index < -0.39 is 17.7 Å². The number of anilines is 1. The van der Waals surface area contributed by atoms with Crippen LogP contribution in [0.3, 0.4) is 0 Å². The van der Waals surface area contributed by atoms with Gasteiger partial charge in [0.15, 0.2) is 4.34 Å². The summed E-state index contributed by atoms with van der Waals surface area (Å²) < 4.78 is 12.2. The molecule has 1 amide bonds. The van der Waals surface area contributed by atoms with Crippen LogP contribution in [0.25, 0.3) is 5.76 Å². The standard InChI is InChI=1S/C32H25N3O5S2/c1-20-8-5-6-11-23(20)18-40-24-15-13-22(14-16-24)28(36)26-27(25-12-7-17-39-25)35(30(38)29(26)37)31-33-34-32(42-31)41-19-21-9-3-2-4-10-21/h2-17,27,36H,18-19H2,1H3/b28-26+. The molecule has 3 aromatic carbocycles. The summed E-state index contributed by atoms with van der Waals surface area (Å²) in [5.74, 6) is -0.351. The molecule has 0 spiro atoms. The number of carbonyl (C=O) groups excluding carboxylic acids is 2. The molecule has 1 N–H and O–H groups in total. The number of ether oxygens (including phenoxy) is 1. The molecule has 210 valence electrons. The molecule has 1 unspecified atom stereocenters. The number of nitrogens with zero attached hydrogens (tertiary/aromatic N) is 3. The fourth-order valence-electron chi connectivity index (χ4n) is 4.62. The Labute approximate surface area is 250 Å². The summed E-state index contributed by atoms with van der Waals surface area (Å²) in [5.41, 5.74) is 3.61. The van der Waals surface area contributed by atoms with Crippen LogP contribution in [0.5, 0.6) is 5.75 Å². The number of amides is 1. The van der Waals surface area contributed by atoms with Crippen LogP contribution >= 0.6 is 23.1 Å². The highest BCUT2D eigenvalue weighted by atomic mass is 32.2. The number of hydrogen-bond donors (Lipinski definition) is 1. The Balaban J connectivity index is 1.27. The molecule has 0 radical (unpaired) electrons. The highest BCUT2D eigenvalue weighted by Gasteiger charge is 2.49. The largest absolute Gasteiger partial charge is 0.507 e. The van der Waals surface area contributed by atoms with E-state index >= 15 is 0 Å². The zero-order valence-electron chi connectivity index (χ0n) is 22.5. The normalized spacial score (nSPS) is 16.2. The number of thioether (sulfide) groups is 1. The van der Waals surface area contributed by atoms with E-state index in [1.807, 2.05) is 61.5 Å². The molecule has 0 bridgehead atoms. The number of carbonyl (C=O) groups is 2. The van der Waals surface area contributed by atoms with Gasteiger partial charge in [0.25, 0.3) is 5.78 Å². The molecule has 5 aromatic rings. The van der Waals surface area contributed by atoms with E-state index in [2.05, 4.69) is 10.2 Å². The van der Waals surface area contributed by atoms with Gasteiger partial charge in [0.1, 0.15) is 29.9 Å². The van der Waals surface area contributed by atoms with Crippen LogP contribution in [0.1, 0.15) is 34.1 Å². The first-order chi connectivity index (χ1) is 20.5. The van der Waals surface area contributed by atoms with E-state index in [-0.39, 0.29) is 16.5 Å². The topological polar surface area (TPSA) is 106 Å². The second-order valence-electron chi connectivity index (χ2n) is 9.55.